The van der Waals surface area contributed by atoms with E-state index in [1.165, 1.54) is 19.2 Å². The van der Waals surface area contributed by atoms with Crippen molar-refractivity contribution < 1.29 is 18.3 Å². The third kappa shape index (κ3) is 2.56. The van der Waals surface area contributed by atoms with E-state index in [4.69, 9.17) is 0 Å². The lowest BCUT2D eigenvalue weighted by Crippen LogP contribution is -2.25. The molecule has 0 bridgehead atoms. The van der Waals surface area contributed by atoms with E-state index in [9.17, 15) is 13.6 Å². The number of amidine groups is 1. The molecule has 0 radical (unpaired) electrons. The summed E-state index contributed by atoms with van der Waals surface area (Å²) in [5, 5.41) is 0. The Morgan fingerprint density at radius 1 is 1.29 bits per heavy atom. The summed E-state index contributed by atoms with van der Waals surface area (Å²) in [5.41, 5.74) is 0.873. The van der Waals surface area contributed by atoms with Gasteiger partial charge in [0, 0.05) is 12.3 Å². The van der Waals surface area contributed by atoms with Gasteiger partial charge in [0.05, 0.1) is 25.3 Å². The van der Waals surface area contributed by atoms with Gasteiger partial charge >= 0.3 is 5.97 Å². The first-order chi connectivity index (χ1) is 10.1. The van der Waals surface area contributed by atoms with Gasteiger partial charge in [-0.2, -0.15) is 0 Å². The van der Waals surface area contributed by atoms with Gasteiger partial charge in [-0.3, -0.25) is 4.99 Å². The molecule has 0 aromatic heterocycles. The first kappa shape index (κ1) is 13.5. The number of esters is 1. The molecule has 0 N–H and O–H groups in total. The summed E-state index contributed by atoms with van der Waals surface area (Å²) < 4.78 is 31.2. The third-order valence-electron chi connectivity index (χ3n) is 3.35. The minimum atomic E-state index is -0.628. The zero-order chi connectivity index (χ0) is 15.0. The zero-order valence-corrected chi connectivity index (χ0v) is 11.2. The standard InChI is InChI=1S/C15H12F2N2O2/c1-21-15(20)9-2-3-14-18-13(8-19(14)7-9)10-4-11(16)6-12(17)5-10/h2-7,13H,8H2,1H3. The molecule has 0 saturated heterocycles. The van der Waals surface area contributed by atoms with Crippen molar-refractivity contribution in [2.24, 2.45) is 4.99 Å². The number of fused-ring (bicyclic) bond motifs is 1. The molecule has 0 aliphatic carbocycles. The van der Waals surface area contributed by atoms with Gasteiger partial charge in [0.1, 0.15) is 17.5 Å². The molecule has 2 aliphatic rings. The molecular weight excluding hydrogens is 278 g/mol. The fourth-order valence-electron chi connectivity index (χ4n) is 2.37. The lowest BCUT2D eigenvalue weighted by molar-refractivity contribution is -0.135. The van der Waals surface area contributed by atoms with Crippen LogP contribution in [0.3, 0.4) is 0 Å². The molecule has 2 aliphatic heterocycles. The molecule has 4 nitrogen and oxygen atoms in total. The number of benzene rings is 1. The van der Waals surface area contributed by atoms with Gasteiger partial charge in [0.25, 0.3) is 0 Å². The molecule has 3 rings (SSSR count). The second kappa shape index (κ2) is 5.12. The van der Waals surface area contributed by atoms with Gasteiger partial charge in [0.2, 0.25) is 0 Å². The van der Waals surface area contributed by atoms with Crippen molar-refractivity contribution in [2.75, 3.05) is 13.7 Å². The van der Waals surface area contributed by atoms with Crippen molar-refractivity contribution in [2.45, 2.75) is 6.04 Å². The Bertz CT molecular complexity index is 675. The maximum absolute atomic E-state index is 13.3. The summed E-state index contributed by atoms with van der Waals surface area (Å²) >= 11 is 0. The van der Waals surface area contributed by atoms with Crippen LogP contribution >= 0.6 is 0 Å². The second-order valence-electron chi connectivity index (χ2n) is 4.77. The van der Waals surface area contributed by atoms with Gasteiger partial charge in [-0.15, -0.1) is 0 Å². The van der Waals surface area contributed by atoms with Crippen molar-refractivity contribution >= 4 is 11.8 Å². The number of methoxy groups -OCH3 is 1. The molecule has 1 aromatic rings. The SMILES string of the molecule is COC(=O)C1=CN2CC(c3cc(F)cc(F)c3)N=C2C=C1. The summed E-state index contributed by atoms with van der Waals surface area (Å²) in [5.74, 6) is -1.05. The van der Waals surface area contributed by atoms with Crippen molar-refractivity contribution in [1.82, 2.24) is 4.90 Å². The van der Waals surface area contributed by atoms with Crippen LogP contribution in [-0.4, -0.2) is 30.4 Å². The molecule has 108 valence electrons. The summed E-state index contributed by atoms with van der Waals surface area (Å²) in [4.78, 5) is 17.7. The summed E-state index contributed by atoms with van der Waals surface area (Å²) in [6, 6.07) is 2.99. The van der Waals surface area contributed by atoms with Gasteiger partial charge in [-0.05, 0) is 29.8 Å². The van der Waals surface area contributed by atoms with Crippen LogP contribution in [0.15, 0.2) is 47.1 Å². The first-order valence-electron chi connectivity index (χ1n) is 6.35. The minimum Gasteiger partial charge on any atom is -0.465 e. The Kier molecular flexibility index (Phi) is 3.29. The van der Waals surface area contributed by atoms with Crippen LogP contribution in [0, 0.1) is 11.6 Å². The second-order valence-corrected chi connectivity index (χ2v) is 4.77. The van der Waals surface area contributed by atoms with Gasteiger partial charge in [-0.25, -0.2) is 13.6 Å². The Hall–Kier alpha value is -2.50. The normalized spacial score (nSPS) is 20.0. The highest BCUT2D eigenvalue weighted by Crippen LogP contribution is 2.29. The molecule has 21 heavy (non-hydrogen) atoms. The molecule has 2 heterocycles. The average molecular weight is 290 g/mol. The van der Waals surface area contributed by atoms with Crippen molar-refractivity contribution in [3.8, 4) is 0 Å². The number of nitrogens with zero attached hydrogens (tertiary/aromatic N) is 2. The topological polar surface area (TPSA) is 41.9 Å². The number of aliphatic imine (C=N–C) groups is 1. The number of carbonyl (C=O) groups is 1. The van der Waals surface area contributed by atoms with Gasteiger partial charge in [0.15, 0.2) is 0 Å². The quantitative estimate of drug-likeness (QED) is 0.785. The highest BCUT2D eigenvalue weighted by Gasteiger charge is 2.27. The van der Waals surface area contributed by atoms with E-state index >= 15 is 0 Å². The maximum atomic E-state index is 13.3. The minimum absolute atomic E-state index is 0.372. The fourth-order valence-corrected chi connectivity index (χ4v) is 2.37. The van der Waals surface area contributed by atoms with E-state index in [2.05, 4.69) is 9.73 Å². The Morgan fingerprint density at radius 3 is 2.67 bits per heavy atom. The molecule has 1 aromatic carbocycles. The van der Waals surface area contributed by atoms with Crippen LogP contribution in [0.2, 0.25) is 0 Å². The van der Waals surface area contributed by atoms with Gasteiger partial charge < -0.3 is 9.64 Å². The highest BCUT2D eigenvalue weighted by atomic mass is 19.1. The van der Waals surface area contributed by atoms with Crippen LogP contribution in [0.4, 0.5) is 8.78 Å². The molecule has 0 spiro atoms. The van der Waals surface area contributed by atoms with E-state index in [1.54, 1.807) is 23.3 Å². The molecule has 1 atom stereocenters. The fraction of sp³-hybridized carbons (Fsp3) is 0.200. The van der Waals surface area contributed by atoms with Crippen molar-refractivity contribution in [3.05, 3.63) is 59.3 Å². The van der Waals surface area contributed by atoms with E-state index in [1.807, 2.05) is 0 Å². The Morgan fingerprint density at radius 2 is 2.00 bits per heavy atom. The van der Waals surface area contributed by atoms with Crippen LogP contribution in [0.1, 0.15) is 11.6 Å². The molecular formula is C15H12F2N2O2. The predicted octanol–water partition coefficient (Wildman–Crippen LogP) is 2.35. The Labute approximate surface area is 120 Å². The number of hydrogen-bond donors (Lipinski definition) is 0. The van der Waals surface area contributed by atoms with Crippen molar-refractivity contribution in [3.63, 3.8) is 0 Å². The van der Waals surface area contributed by atoms with Crippen molar-refractivity contribution in [1.29, 1.82) is 0 Å². The summed E-state index contributed by atoms with van der Waals surface area (Å²) in [7, 11) is 1.31. The van der Waals surface area contributed by atoms with Crippen LogP contribution < -0.4 is 0 Å². The number of carbonyl (C=O) groups excluding carboxylic acids is 1. The van der Waals surface area contributed by atoms with E-state index in [0.717, 1.165) is 6.07 Å². The molecule has 0 saturated carbocycles. The summed E-state index contributed by atoms with van der Waals surface area (Å²) in [6.07, 6.45) is 4.91. The number of ether oxygens (including phenoxy) is 1. The van der Waals surface area contributed by atoms with Crippen LogP contribution in [0.5, 0.6) is 0 Å². The zero-order valence-electron chi connectivity index (χ0n) is 11.2. The molecule has 0 amide bonds. The Balaban J connectivity index is 1.86. The van der Waals surface area contributed by atoms with E-state index in [0.29, 0.717) is 23.5 Å². The molecule has 1 unspecified atom stereocenters. The monoisotopic (exact) mass is 290 g/mol. The predicted molar refractivity (Wildman–Crippen MR) is 72.5 cm³/mol. The lowest BCUT2D eigenvalue weighted by atomic mass is 10.1. The third-order valence-corrected chi connectivity index (χ3v) is 3.35. The number of hydrogen-bond acceptors (Lipinski definition) is 4. The first-order valence-corrected chi connectivity index (χ1v) is 6.35. The van der Waals surface area contributed by atoms with E-state index in [-0.39, 0.29) is 6.04 Å². The highest BCUT2D eigenvalue weighted by molar-refractivity contribution is 6.02. The van der Waals surface area contributed by atoms with Crippen LogP contribution in [-0.2, 0) is 9.53 Å². The number of rotatable bonds is 2. The molecule has 6 heteroatoms. The van der Waals surface area contributed by atoms with Crippen LogP contribution in [0.25, 0.3) is 0 Å². The number of halogens is 2. The lowest BCUT2D eigenvalue weighted by Gasteiger charge is -2.18. The molecule has 0 fully saturated rings. The average Bonchev–Trinajstić information content (AvgIpc) is 2.88. The van der Waals surface area contributed by atoms with E-state index < -0.39 is 17.6 Å². The largest absolute Gasteiger partial charge is 0.465 e. The van der Waals surface area contributed by atoms with Gasteiger partial charge in [-0.1, -0.05) is 0 Å². The maximum Gasteiger partial charge on any atom is 0.339 e. The summed E-state index contributed by atoms with van der Waals surface area (Å²) in [6.45, 7) is 0.420. The smallest absolute Gasteiger partial charge is 0.339 e.